The van der Waals surface area contributed by atoms with Crippen molar-refractivity contribution in [3.63, 3.8) is 0 Å². The Bertz CT molecular complexity index is 675. The van der Waals surface area contributed by atoms with Gasteiger partial charge in [0.25, 0.3) is 0 Å². The van der Waals surface area contributed by atoms with Gasteiger partial charge in [0.1, 0.15) is 0 Å². The summed E-state index contributed by atoms with van der Waals surface area (Å²) in [6, 6.07) is 8.60. The van der Waals surface area contributed by atoms with Crippen molar-refractivity contribution in [1.82, 2.24) is 9.55 Å². The van der Waals surface area contributed by atoms with Crippen LogP contribution in [-0.4, -0.2) is 9.55 Å². The second-order valence-electron chi connectivity index (χ2n) is 6.56. The maximum absolute atomic E-state index is 4.76. The number of imidazole rings is 1. The van der Waals surface area contributed by atoms with E-state index in [9.17, 15) is 0 Å². The molecular formula is C20H28N2. The van der Waals surface area contributed by atoms with Crippen molar-refractivity contribution in [2.75, 3.05) is 0 Å². The SMILES string of the molecule is CC/C(C)=C(\C)c1ncn(CC(C)C)c1-c1ccccc1C. The van der Waals surface area contributed by atoms with Crippen molar-refractivity contribution >= 4 is 5.57 Å². The molecule has 0 bridgehead atoms. The third kappa shape index (κ3) is 3.32. The molecule has 0 saturated heterocycles. The number of nitrogens with zero attached hydrogens (tertiary/aromatic N) is 2. The maximum atomic E-state index is 4.76. The first-order valence-electron chi connectivity index (χ1n) is 8.23. The summed E-state index contributed by atoms with van der Waals surface area (Å²) < 4.78 is 2.31. The highest BCUT2D eigenvalue weighted by molar-refractivity contribution is 5.79. The Kier molecular flexibility index (Phi) is 5.23. The molecule has 2 rings (SSSR count). The molecule has 118 valence electrons. The number of aryl methyl sites for hydroxylation is 1. The van der Waals surface area contributed by atoms with Gasteiger partial charge in [0.05, 0.1) is 17.7 Å². The van der Waals surface area contributed by atoms with Gasteiger partial charge in [-0.25, -0.2) is 4.98 Å². The van der Waals surface area contributed by atoms with E-state index in [4.69, 9.17) is 4.98 Å². The topological polar surface area (TPSA) is 17.8 Å². The number of rotatable bonds is 5. The molecule has 0 aliphatic carbocycles. The zero-order chi connectivity index (χ0) is 16.3. The van der Waals surface area contributed by atoms with Gasteiger partial charge < -0.3 is 4.57 Å². The third-order valence-electron chi connectivity index (χ3n) is 4.33. The van der Waals surface area contributed by atoms with Gasteiger partial charge in [0.15, 0.2) is 0 Å². The lowest BCUT2D eigenvalue weighted by atomic mass is 9.98. The fourth-order valence-electron chi connectivity index (χ4n) is 2.78. The summed E-state index contributed by atoms with van der Waals surface area (Å²) in [6.07, 6.45) is 3.07. The van der Waals surface area contributed by atoms with E-state index in [0.29, 0.717) is 5.92 Å². The summed E-state index contributed by atoms with van der Waals surface area (Å²) in [5, 5.41) is 0. The zero-order valence-electron chi connectivity index (χ0n) is 14.8. The van der Waals surface area contributed by atoms with Crippen molar-refractivity contribution in [3.05, 3.63) is 47.4 Å². The number of benzene rings is 1. The Morgan fingerprint density at radius 2 is 1.86 bits per heavy atom. The normalized spacial score (nSPS) is 12.7. The molecule has 1 heterocycles. The highest BCUT2D eigenvalue weighted by Gasteiger charge is 2.17. The Morgan fingerprint density at radius 1 is 1.18 bits per heavy atom. The van der Waals surface area contributed by atoms with E-state index in [0.717, 1.165) is 18.7 Å². The Morgan fingerprint density at radius 3 is 2.45 bits per heavy atom. The van der Waals surface area contributed by atoms with Crippen LogP contribution in [0.25, 0.3) is 16.8 Å². The molecule has 0 unspecified atom stereocenters. The molecule has 0 radical (unpaired) electrons. The van der Waals surface area contributed by atoms with Crippen molar-refractivity contribution in [3.8, 4) is 11.3 Å². The molecule has 1 aromatic heterocycles. The van der Waals surface area contributed by atoms with E-state index in [1.165, 1.54) is 28.0 Å². The Balaban J connectivity index is 2.67. The van der Waals surface area contributed by atoms with Gasteiger partial charge in [-0.15, -0.1) is 0 Å². The predicted molar refractivity (Wildman–Crippen MR) is 95.8 cm³/mol. The highest BCUT2D eigenvalue weighted by Crippen LogP contribution is 2.32. The fourth-order valence-corrected chi connectivity index (χ4v) is 2.78. The number of allylic oxidation sites excluding steroid dienone is 2. The number of hydrogen-bond acceptors (Lipinski definition) is 1. The van der Waals surface area contributed by atoms with Crippen LogP contribution in [-0.2, 0) is 6.54 Å². The lowest BCUT2D eigenvalue weighted by Crippen LogP contribution is -2.06. The minimum absolute atomic E-state index is 0.598. The van der Waals surface area contributed by atoms with Gasteiger partial charge in [-0.1, -0.05) is 50.6 Å². The van der Waals surface area contributed by atoms with Crippen molar-refractivity contribution in [2.45, 2.75) is 54.5 Å². The smallest absolute Gasteiger partial charge is 0.0958 e. The summed E-state index contributed by atoms with van der Waals surface area (Å²) in [5.41, 5.74) is 7.70. The van der Waals surface area contributed by atoms with Crippen molar-refractivity contribution < 1.29 is 0 Å². The molecule has 0 spiro atoms. The predicted octanol–water partition coefficient (Wildman–Crippen LogP) is 5.72. The molecule has 0 atom stereocenters. The molecule has 0 aliphatic heterocycles. The first-order valence-corrected chi connectivity index (χ1v) is 8.23. The van der Waals surface area contributed by atoms with E-state index < -0.39 is 0 Å². The standard InChI is InChI=1S/C20H28N2/c1-7-15(4)17(6)19-20(18-11-9-8-10-16(18)5)22(13-21-19)12-14(2)3/h8-11,13-14H,7,12H2,1-6H3/b17-15+. The summed E-state index contributed by atoms with van der Waals surface area (Å²) in [4.78, 5) is 4.76. The van der Waals surface area contributed by atoms with Crippen LogP contribution in [0.5, 0.6) is 0 Å². The first-order chi connectivity index (χ1) is 10.5. The molecule has 0 saturated carbocycles. The Hall–Kier alpha value is -1.83. The summed E-state index contributed by atoms with van der Waals surface area (Å²) in [6.45, 7) is 14.3. The maximum Gasteiger partial charge on any atom is 0.0958 e. The summed E-state index contributed by atoms with van der Waals surface area (Å²) in [5.74, 6) is 0.598. The zero-order valence-corrected chi connectivity index (χ0v) is 14.8. The molecule has 2 nitrogen and oxygen atoms in total. The average Bonchev–Trinajstić information content (AvgIpc) is 2.88. The van der Waals surface area contributed by atoms with Crippen LogP contribution in [0.2, 0.25) is 0 Å². The van der Waals surface area contributed by atoms with Gasteiger partial charge in [0.2, 0.25) is 0 Å². The van der Waals surface area contributed by atoms with E-state index in [1.807, 2.05) is 6.33 Å². The largest absolute Gasteiger partial charge is 0.330 e. The van der Waals surface area contributed by atoms with Gasteiger partial charge in [-0.2, -0.15) is 0 Å². The molecule has 0 fully saturated rings. The average molecular weight is 296 g/mol. The van der Waals surface area contributed by atoms with Gasteiger partial charge >= 0.3 is 0 Å². The molecule has 0 N–H and O–H groups in total. The fraction of sp³-hybridized carbons (Fsp3) is 0.450. The minimum Gasteiger partial charge on any atom is -0.330 e. The second-order valence-corrected chi connectivity index (χ2v) is 6.56. The molecule has 0 aliphatic rings. The molecule has 2 heteroatoms. The van der Waals surface area contributed by atoms with Gasteiger partial charge in [0, 0.05) is 12.1 Å². The van der Waals surface area contributed by atoms with Gasteiger partial charge in [-0.3, -0.25) is 0 Å². The quantitative estimate of drug-likeness (QED) is 0.690. The van der Waals surface area contributed by atoms with Crippen LogP contribution in [0.3, 0.4) is 0 Å². The molecule has 0 amide bonds. The Labute approximate surface area is 134 Å². The summed E-state index contributed by atoms with van der Waals surface area (Å²) >= 11 is 0. The van der Waals surface area contributed by atoms with Crippen molar-refractivity contribution in [1.29, 1.82) is 0 Å². The van der Waals surface area contributed by atoms with Crippen LogP contribution in [0.15, 0.2) is 36.2 Å². The molecule has 22 heavy (non-hydrogen) atoms. The number of hydrogen-bond donors (Lipinski definition) is 0. The monoisotopic (exact) mass is 296 g/mol. The van der Waals surface area contributed by atoms with Crippen LogP contribution in [0, 0.1) is 12.8 Å². The van der Waals surface area contributed by atoms with E-state index in [1.54, 1.807) is 0 Å². The third-order valence-corrected chi connectivity index (χ3v) is 4.33. The molecule has 1 aromatic carbocycles. The van der Waals surface area contributed by atoms with E-state index in [2.05, 4.69) is 70.4 Å². The second kappa shape index (κ2) is 6.95. The van der Waals surface area contributed by atoms with Crippen LogP contribution < -0.4 is 0 Å². The first kappa shape index (κ1) is 16.5. The van der Waals surface area contributed by atoms with Crippen LogP contribution in [0.1, 0.15) is 52.3 Å². The lowest BCUT2D eigenvalue weighted by Gasteiger charge is -2.15. The van der Waals surface area contributed by atoms with Gasteiger partial charge in [-0.05, 0) is 44.2 Å². The van der Waals surface area contributed by atoms with Crippen molar-refractivity contribution in [2.24, 2.45) is 5.92 Å². The number of aromatic nitrogens is 2. The minimum atomic E-state index is 0.598. The highest BCUT2D eigenvalue weighted by atomic mass is 15.1. The molecular weight excluding hydrogens is 268 g/mol. The summed E-state index contributed by atoms with van der Waals surface area (Å²) in [7, 11) is 0. The van der Waals surface area contributed by atoms with Crippen LogP contribution in [0.4, 0.5) is 0 Å². The lowest BCUT2D eigenvalue weighted by molar-refractivity contribution is 0.526. The van der Waals surface area contributed by atoms with E-state index >= 15 is 0 Å². The van der Waals surface area contributed by atoms with Crippen LogP contribution >= 0.6 is 0 Å². The van der Waals surface area contributed by atoms with E-state index in [-0.39, 0.29) is 0 Å². The molecule has 2 aromatic rings.